The first kappa shape index (κ1) is 19.0. The summed E-state index contributed by atoms with van der Waals surface area (Å²) in [4.78, 5) is 23.8. The Labute approximate surface area is 136 Å². The number of carbonyl (C=O) groups is 2. The minimum Gasteiger partial charge on any atom is -0.496 e. The van der Waals surface area contributed by atoms with Crippen molar-refractivity contribution in [3.63, 3.8) is 0 Å². The topological polar surface area (TPSA) is 84.9 Å². The second-order valence-electron chi connectivity index (χ2n) is 5.51. The van der Waals surface area contributed by atoms with Crippen molar-refractivity contribution >= 4 is 11.9 Å². The summed E-state index contributed by atoms with van der Waals surface area (Å²) in [5, 5.41) is 12.0. The highest BCUT2D eigenvalue weighted by Crippen LogP contribution is 2.22. The van der Waals surface area contributed by atoms with E-state index in [1.54, 1.807) is 25.3 Å². The van der Waals surface area contributed by atoms with E-state index in [1.807, 2.05) is 13.8 Å². The summed E-state index contributed by atoms with van der Waals surface area (Å²) in [7, 11) is 1.55. The number of methoxy groups -OCH3 is 1. The molecule has 23 heavy (non-hydrogen) atoms. The van der Waals surface area contributed by atoms with Crippen LogP contribution in [-0.2, 0) is 16.1 Å². The van der Waals surface area contributed by atoms with Gasteiger partial charge in [-0.05, 0) is 38.5 Å². The fraction of sp³-hybridized carbons (Fsp3) is 0.529. The molecule has 0 saturated heterocycles. The fourth-order valence-corrected chi connectivity index (χ4v) is 2.29. The van der Waals surface area contributed by atoms with Gasteiger partial charge in [-0.25, -0.2) is 4.79 Å². The van der Waals surface area contributed by atoms with Crippen LogP contribution in [0.25, 0.3) is 0 Å². The predicted octanol–water partition coefficient (Wildman–Crippen LogP) is 2.60. The number of carbonyl (C=O) groups excluding carboxylic acids is 1. The molecule has 2 N–H and O–H groups in total. The highest BCUT2D eigenvalue weighted by molar-refractivity contribution is 5.98. The quantitative estimate of drug-likeness (QED) is 0.729. The standard InChI is InChI=1S/C17H25NO5/c1-5-9-17(3,16(20)21)18-15(19)12-7-8-14(22-4)13(10-12)11-23-6-2/h7-8,10H,5-6,9,11H2,1-4H3,(H,18,19)(H,20,21)/t17-/m0/s1. The highest BCUT2D eigenvalue weighted by atomic mass is 16.5. The lowest BCUT2D eigenvalue weighted by atomic mass is 9.95. The lowest BCUT2D eigenvalue weighted by Crippen LogP contribution is -2.52. The molecule has 0 bridgehead atoms. The van der Waals surface area contributed by atoms with Crippen LogP contribution in [0.4, 0.5) is 0 Å². The SMILES string of the molecule is CCC[C@](C)(NC(=O)c1ccc(OC)c(COCC)c1)C(=O)O. The number of carboxylic acids is 1. The maximum absolute atomic E-state index is 12.4. The van der Waals surface area contributed by atoms with E-state index in [2.05, 4.69) is 5.32 Å². The van der Waals surface area contributed by atoms with Crippen LogP contribution in [0.3, 0.4) is 0 Å². The Morgan fingerprint density at radius 2 is 2.00 bits per heavy atom. The second-order valence-corrected chi connectivity index (χ2v) is 5.51. The van der Waals surface area contributed by atoms with E-state index in [0.717, 1.165) is 5.56 Å². The van der Waals surface area contributed by atoms with Gasteiger partial charge in [0.05, 0.1) is 13.7 Å². The highest BCUT2D eigenvalue weighted by Gasteiger charge is 2.34. The Hall–Kier alpha value is -2.08. The molecule has 128 valence electrons. The zero-order chi connectivity index (χ0) is 17.5. The number of ether oxygens (including phenoxy) is 2. The first-order valence-corrected chi connectivity index (χ1v) is 7.68. The van der Waals surface area contributed by atoms with Gasteiger partial charge in [0.25, 0.3) is 5.91 Å². The number of aliphatic carboxylic acids is 1. The minimum atomic E-state index is -1.29. The summed E-state index contributed by atoms with van der Waals surface area (Å²) in [6.45, 7) is 6.15. The maximum Gasteiger partial charge on any atom is 0.329 e. The van der Waals surface area contributed by atoms with E-state index in [1.165, 1.54) is 6.92 Å². The number of nitrogens with one attached hydrogen (secondary N) is 1. The average Bonchev–Trinajstić information content (AvgIpc) is 2.52. The molecular weight excluding hydrogens is 298 g/mol. The molecule has 6 heteroatoms. The first-order chi connectivity index (χ1) is 10.9. The molecule has 1 atom stereocenters. The van der Waals surface area contributed by atoms with Crippen LogP contribution in [0.1, 0.15) is 49.5 Å². The summed E-state index contributed by atoms with van der Waals surface area (Å²) < 4.78 is 10.6. The molecule has 1 aromatic rings. The van der Waals surface area contributed by atoms with Crippen molar-refractivity contribution in [2.75, 3.05) is 13.7 Å². The van der Waals surface area contributed by atoms with Gasteiger partial charge < -0.3 is 19.9 Å². The van der Waals surface area contributed by atoms with Crippen molar-refractivity contribution in [2.45, 2.75) is 45.8 Å². The van der Waals surface area contributed by atoms with Crippen molar-refractivity contribution in [1.29, 1.82) is 0 Å². The molecule has 0 aliphatic carbocycles. The Bertz CT molecular complexity index is 558. The van der Waals surface area contributed by atoms with Crippen LogP contribution in [0.5, 0.6) is 5.75 Å². The molecule has 0 unspecified atom stereocenters. The summed E-state index contributed by atoms with van der Waals surface area (Å²) in [5.74, 6) is -0.843. The van der Waals surface area contributed by atoms with E-state index >= 15 is 0 Å². The van der Waals surface area contributed by atoms with E-state index in [4.69, 9.17) is 9.47 Å². The lowest BCUT2D eigenvalue weighted by Gasteiger charge is -2.26. The van der Waals surface area contributed by atoms with E-state index in [-0.39, 0.29) is 0 Å². The Kier molecular flexibility index (Phi) is 7.03. The number of carboxylic acid groups (broad SMARTS) is 1. The predicted molar refractivity (Wildman–Crippen MR) is 86.7 cm³/mol. The van der Waals surface area contributed by atoms with Gasteiger partial charge in [-0.3, -0.25) is 4.79 Å². The van der Waals surface area contributed by atoms with Crippen LogP contribution in [-0.4, -0.2) is 36.2 Å². The minimum absolute atomic E-state index is 0.325. The van der Waals surface area contributed by atoms with Crippen LogP contribution >= 0.6 is 0 Å². The molecule has 0 radical (unpaired) electrons. The van der Waals surface area contributed by atoms with Gasteiger partial charge in [0.2, 0.25) is 0 Å². The Balaban J connectivity index is 3.01. The third kappa shape index (κ3) is 4.96. The first-order valence-electron chi connectivity index (χ1n) is 7.68. The third-order valence-corrected chi connectivity index (χ3v) is 3.62. The smallest absolute Gasteiger partial charge is 0.329 e. The van der Waals surface area contributed by atoms with E-state index < -0.39 is 17.4 Å². The third-order valence-electron chi connectivity index (χ3n) is 3.62. The molecule has 6 nitrogen and oxygen atoms in total. The second kappa shape index (κ2) is 8.53. The van der Waals surface area contributed by atoms with E-state index in [0.29, 0.717) is 37.4 Å². The average molecular weight is 323 g/mol. The van der Waals surface area contributed by atoms with Crippen molar-refractivity contribution < 1.29 is 24.2 Å². The molecule has 0 spiro atoms. The molecule has 0 aromatic heterocycles. The van der Waals surface area contributed by atoms with Crippen molar-refractivity contribution in [3.8, 4) is 5.75 Å². The van der Waals surface area contributed by atoms with Crippen LogP contribution in [0.2, 0.25) is 0 Å². The number of benzene rings is 1. The molecule has 0 aliphatic heterocycles. The van der Waals surface area contributed by atoms with Crippen molar-refractivity contribution in [1.82, 2.24) is 5.32 Å². The molecule has 1 rings (SSSR count). The van der Waals surface area contributed by atoms with Gasteiger partial charge in [0.1, 0.15) is 11.3 Å². The molecule has 1 amide bonds. The zero-order valence-corrected chi connectivity index (χ0v) is 14.1. The molecule has 0 fully saturated rings. The largest absolute Gasteiger partial charge is 0.496 e. The van der Waals surface area contributed by atoms with Crippen LogP contribution in [0, 0.1) is 0 Å². The van der Waals surface area contributed by atoms with Crippen LogP contribution < -0.4 is 10.1 Å². The monoisotopic (exact) mass is 323 g/mol. The summed E-state index contributed by atoms with van der Waals surface area (Å²) >= 11 is 0. The van der Waals surface area contributed by atoms with Gasteiger partial charge in [0.15, 0.2) is 0 Å². The van der Waals surface area contributed by atoms with Crippen LogP contribution in [0.15, 0.2) is 18.2 Å². The summed E-state index contributed by atoms with van der Waals surface area (Å²) in [6, 6.07) is 4.96. The van der Waals surface area contributed by atoms with Gasteiger partial charge in [-0.15, -0.1) is 0 Å². The number of hydrogen-bond acceptors (Lipinski definition) is 4. The normalized spacial score (nSPS) is 13.2. The van der Waals surface area contributed by atoms with Gasteiger partial charge >= 0.3 is 5.97 Å². The molecule has 0 heterocycles. The molecule has 0 saturated carbocycles. The fourth-order valence-electron chi connectivity index (χ4n) is 2.29. The molecule has 1 aromatic carbocycles. The van der Waals surface area contributed by atoms with Crippen molar-refractivity contribution in [2.24, 2.45) is 0 Å². The molecular formula is C17H25NO5. The van der Waals surface area contributed by atoms with Gasteiger partial charge in [-0.2, -0.15) is 0 Å². The summed E-state index contributed by atoms with van der Waals surface area (Å²) in [6.07, 6.45) is 1.01. The maximum atomic E-state index is 12.4. The van der Waals surface area contributed by atoms with Gasteiger partial charge in [0, 0.05) is 17.7 Å². The number of rotatable bonds is 9. The van der Waals surface area contributed by atoms with E-state index in [9.17, 15) is 14.7 Å². The number of hydrogen-bond donors (Lipinski definition) is 2. The molecule has 0 aliphatic rings. The Morgan fingerprint density at radius 3 is 2.52 bits per heavy atom. The van der Waals surface area contributed by atoms with Gasteiger partial charge in [-0.1, -0.05) is 13.3 Å². The Morgan fingerprint density at radius 1 is 1.30 bits per heavy atom. The lowest BCUT2D eigenvalue weighted by molar-refractivity contribution is -0.144. The zero-order valence-electron chi connectivity index (χ0n) is 14.1. The summed E-state index contributed by atoms with van der Waals surface area (Å²) in [5.41, 5.74) is -0.162. The number of amides is 1. The van der Waals surface area contributed by atoms with Crippen molar-refractivity contribution in [3.05, 3.63) is 29.3 Å².